The zero-order valence-corrected chi connectivity index (χ0v) is 12.3. The Morgan fingerprint density at radius 1 is 1.17 bits per heavy atom. The highest BCUT2D eigenvalue weighted by molar-refractivity contribution is 7.99. The van der Waals surface area contributed by atoms with E-state index in [1.807, 2.05) is 19.1 Å². The van der Waals surface area contributed by atoms with E-state index in [-0.39, 0.29) is 4.90 Å². The highest BCUT2D eigenvalue weighted by atomic mass is 32.2. The molecule has 18 heavy (non-hydrogen) atoms. The number of sulfonamides is 1. The molecular weight excluding hydrogens is 268 g/mol. The maximum Gasteiger partial charge on any atom is 0.245 e. The summed E-state index contributed by atoms with van der Waals surface area (Å²) in [5.41, 5.74) is 7.88. The minimum absolute atomic E-state index is 0.286. The Morgan fingerprint density at radius 2 is 1.72 bits per heavy atom. The van der Waals surface area contributed by atoms with Gasteiger partial charge in [0.2, 0.25) is 10.0 Å². The van der Waals surface area contributed by atoms with Gasteiger partial charge in [-0.2, -0.15) is 16.1 Å². The number of benzene rings is 1. The number of nitrogens with two attached hydrogens (primary N) is 1. The van der Waals surface area contributed by atoms with Crippen LogP contribution < -0.4 is 5.73 Å². The fraction of sp³-hybridized carbons (Fsp3) is 0.500. The molecule has 0 bridgehead atoms. The first-order valence-corrected chi connectivity index (χ1v) is 8.47. The number of hydrogen-bond acceptors (Lipinski definition) is 4. The lowest BCUT2D eigenvalue weighted by molar-refractivity contribution is 0.443. The van der Waals surface area contributed by atoms with E-state index in [0.29, 0.717) is 18.8 Å². The van der Waals surface area contributed by atoms with Gasteiger partial charge in [-0.05, 0) is 25.0 Å². The van der Waals surface area contributed by atoms with Gasteiger partial charge in [-0.15, -0.1) is 0 Å². The van der Waals surface area contributed by atoms with E-state index in [1.165, 1.54) is 0 Å². The van der Waals surface area contributed by atoms with Crippen molar-refractivity contribution in [1.29, 1.82) is 0 Å². The van der Waals surface area contributed by atoms with Crippen LogP contribution in [0.5, 0.6) is 0 Å². The predicted octanol–water partition coefficient (Wildman–Crippen LogP) is 1.62. The maximum absolute atomic E-state index is 12.6. The smallest absolute Gasteiger partial charge is 0.245 e. The van der Waals surface area contributed by atoms with E-state index >= 15 is 0 Å². The molecule has 0 amide bonds. The molecular formula is C12H18N2O2S2. The molecule has 0 aromatic heterocycles. The molecule has 0 saturated carbocycles. The summed E-state index contributed by atoms with van der Waals surface area (Å²) in [5.74, 6) is 1.70. The van der Waals surface area contributed by atoms with Gasteiger partial charge in [0.05, 0.1) is 5.69 Å². The fourth-order valence-electron chi connectivity index (χ4n) is 2.07. The molecule has 2 N–H and O–H groups in total. The number of rotatable bonds is 2. The highest BCUT2D eigenvalue weighted by Gasteiger charge is 2.29. The van der Waals surface area contributed by atoms with E-state index in [4.69, 9.17) is 5.73 Å². The van der Waals surface area contributed by atoms with Gasteiger partial charge in [0.1, 0.15) is 4.90 Å². The van der Waals surface area contributed by atoms with Crippen molar-refractivity contribution in [3.8, 4) is 0 Å². The van der Waals surface area contributed by atoms with Gasteiger partial charge < -0.3 is 5.73 Å². The zero-order valence-electron chi connectivity index (χ0n) is 10.6. The van der Waals surface area contributed by atoms with Crippen molar-refractivity contribution in [2.24, 2.45) is 0 Å². The molecule has 1 aliphatic rings. The Hall–Kier alpha value is -0.720. The summed E-state index contributed by atoms with van der Waals surface area (Å²) in [7, 11) is -3.45. The van der Waals surface area contributed by atoms with Crippen LogP contribution in [0.3, 0.4) is 0 Å². The number of aryl methyl sites for hydroxylation is 2. The van der Waals surface area contributed by atoms with Gasteiger partial charge >= 0.3 is 0 Å². The minimum Gasteiger partial charge on any atom is -0.397 e. The molecule has 0 radical (unpaired) electrons. The van der Waals surface area contributed by atoms with Crippen LogP contribution in [0.4, 0.5) is 5.69 Å². The molecule has 1 saturated heterocycles. The summed E-state index contributed by atoms with van der Waals surface area (Å²) in [6, 6.07) is 3.67. The van der Waals surface area contributed by atoms with Crippen LogP contribution in [-0.2, 0) is 10.0 Å². The van der Waals surface area contributed by atoms with Crippen molar-refractivity contribution >= 4 is 27.5 Å². The second kappa shape index (κ2) is 5.11. The van der Waals surface area contributed by atoms with Gasteiger partial charge in [-0.1, -0.05) is 12.1 Å². The first-order chi connectivity index (χ1) is 8.44. The van der Waals surface area contributed by atoms with Crippen LogP contribution in [0, 0.1) is 13.8 Å². The van der Waals surface area contributed by atoms with Crippen molar-refractivity contribution in [3.63, 3.8) is 0 Å². The molecule has 1 heterocycles. The quantitative estimate of drug-likeness (QED) is 0.839. The van der Waals surface area contributed by atoms with Gasteiger partial charge in [0.25, 0.3) is 0 Å². The summed E-state index contributed by atoms with van der Waals surface area (Å²) < 4.78 is 26.8. The largest absolute Gasteiger partial charge is 0.397 e. The Morgan fingerprint density at radius 3 is 2.33 bits per heavy atom. The molecule has 1 aromatic carbocycles. The number of nitrogen functional groups attached to an aromatic ring is 1. The molecule has 0 aliphatic carbocycles. The van der Waals surface area contributed by atoms with Crippen LogP contribution in [0.25, 0.3) is 0 Å². The first kappa shape index (κ1) is 13.7. The second-order valence-corrected chi connectivity index (χ2v) is 7.56. The number of anilines is 1. The third-order valence-corrected chi connectivity index (χ3v) is 6.22. The second-order valence-electron chi connectivity index (χ2n) is 4.46. The Labute approximate surface area is 113 Å². The summed E-state index contributed by atoms with van der Waals surface area (Å²) in [6.45, 7) is 4.76. The standard InChI is InChI=1S/C12H18N2O2S2/c1-9-3-4-10(2)12(11(9)13)18(15,16)14-5-7-17-8-6-14/h3-4H,5-8,13H2,1-2H3. The minimum atomic E-state index is -3.45. The maximum atomic E-state index is 12.6. The summed E-state index contributed by atoms with van der Waals surface area (Å²) in [5, 5.41) is 0. The lowest BCUT2D eigenvalue weighted by atomic mass is 10.1. The molecule has 0 atom stereocenters. The molecule has 6 heteroatoms. The van der Waals surface area contributed by atoms with Crippen molar-refractivity contribution in [2.45, 2.75) is 18.7 Å². The van der Waals surface area contributed by atoms with E-state index in [0.717, 1.165) is 22.6 Å². The number of thioether (sulfide) groups is 1. The Bertz CT molecular complexity index is 549. The lowest BCUT2D eigenvalue weighted by Crippen LogP contribution is -2.38. The SMILES string of the molecule is Cc1ccc(C)c(S(=O)(=O)N2CCSCC2)c1N. The average molecular weight is 286 g/mol. The highest BCUT2D eigenvalue weighted by Crippen LogP contribution is 2.29. The average Bonchev–Trinajstić information content (AvgIpc) is 2.35. The molecule has 1 aliphatic heterocycles. The first-order valence-electron chi connectivity index (χ1n) is 5.88. The normalized spacial score (nSPS) is 17.9. The van der Waals surface area contributed by atoms with E-state index in [2.05, 4.69) is 0 Å². The van der Waals surface area contributed by atoms with Gasteiger partial charge in [0, 0.05) is 24.6 Å². The Kier molecular flexibility index (Phi) is 3.89. The van der Waals surface area contributed by atoms with Crippen LogP contribution >= 0.6 is 11.8 Å². The van der Waals surface area contributed by atoms with Gasteiger partial charge in [0.15, 0.2) is 0 Å². The van der Waals surface area contributed by atoms with Gasteiger partial charge in [-0.25, -0.2) is 8.42 Å². The molecule has 100 valence electrons. The molecule has 1 aromatic rings. The monoisotopic (exact) mass is 286 g/mol. The molecule has 1 fully saturated rings. The molecule has 2 rings (SSSR count). The van der Waals surface area contributed by atoms with E-state index in [1.54, 1.807) is 23.0 Å². The van der Waals surface area contributed by atoms with Crippen molar-refractivity contribution in [2.75, 3.05) is 30.3 Å². The molecule has 0 unspecified atom stereocenters. The summed E-state index contributed by atoms with van der Waals surface area (Å²) in [4.78, 5) is 0.286. The summed E-state index contributed by atoms with van der Waals surface area (Å²) in [6.07, 6.45) is 0. The van der Waals surface area contributed by atoms with Crippen LogP contribution in [-0.4, -0.2) is 37.3 Å². The lowest BCUT2D eigenvalue weighted by Gasteiger charge is -2.27. The van der Waals surface area contributed by atoms with Crippen LogP contribution in [0.2, 0.25) is 0 Å². The van der Waals surface area contributed by atoms with E-state index in [9.17, 15) is 8.42 Å². The predicted molar refractivity (Wildman–Crippen MR) is 76.4 cm³/mol. The van der Waals surface area contributed by atoms with Crippen LogP contribution in [0.15, 0.2) is 17.0 Å². The molecule has 4 nitrogen and oxygen atoms in total. The van der Waals surface area contributed by atoms with Crippen molar-refractivity contribution in [3.05, 3.63) is 23.3 Å². The van der Waals surface area contributed by atoms with Gasteiger partial charge in [-0.3, -0.25) is 0 Å². The number of hydrogen-bond donors (Lipinski definition) is 1. The zero-order chi connectivity index (χ0) is 13.3. The fourth-order valence-corrected chi connectivity index (χ4v) is 5.03. The van der Waals surface area contributed by atoms with Crippen LogP contribution in [0.1, 0.15) is 11.1 Å². The summed E-state index contributed by atoms with van der Waals surface area (Å²) >= 11 is 1.78. The van der Waals surface area contributed by atoms with Crippen molar-refractivity contribution < 1.29 is 8.42 Å². The third kappa shape index (κ3) is 2.37. The molecule has 0 spiro atoms. The topological polar surface area (TPSA) is 63.4 Å². The Balaban J connectivity index is 2.50. The third-order valence-electron chi connectivity index (χ3n) is 3.18. The van der Waals surface area contributed by atoms with Crippen molar-refractivity contribution in [1.82, 2.24) is 4.31 Å². The van der Waals surface area contributed by atoms with E-state index < -0.39 is 10.0 Å². The number of nitrogens with zero attached hydrogens (tertiary/aromatic N) is 1.